The third-order valence-electron chi connectivity index (χ3n) is 2.90. The first kappa shape index (κ1) is 13.9. The van der Waals surface area contributed by atoms with E-state index in [1.807, 2.05) is 13.8 Å². The highest BCUT2D eigenvalue weighted by Gasteiger charge is 2.06. The van der Waals surface area contributed by atoms with Crippen molar-refractivity contribution in [3.8, 4) is 0 Å². The van der Waals surface area contributed by atoms with Gasteiger partial charge in [0.15, 0.2) is 0 Å². The zero-order valence-electron chi connectivity index (χ0n) is 11.6. The molecule has 0 spiro atoms. The van der Waals surface area contributed by atoms with Crippen molar-refractivity contribution in [3.05, 3.63) is 29.5 Å². The van der Waals surface area contributed by atoms with E-state index in [2.05, 4.69) is 44.0 Å². The van der Waals surface area contributed by atoms with Crippen LogP contribution in [-0.2, 0) is 6.42 Å². The van der Waals surface area contributed by atoms with Gasteiger partial charge in [-0.3, -0.25) is 0 Å². The lowest BCUT2D eigenvalue weighted by molar-refractivity contribution is 0.836. The Balaban J connectivity index is 0.000000686. The molecule has 1 N–H and O–H groups in total. The largest absolute Gasteiger partial charge is 0.358 e. The van der Waals surface area contributed by atoms with Crippen LogP contribution in [0.1, 0.15) is 51.8 Å². The molecule has 0 aliphatic heterocycles. The van der Waals surface area contributed by atoms with E-state index in [0.717, 1.165) is 11.9 Å². The molecule has 1 heterocycles. The molecule has 90 valence electrons. The molecule has 1 aromatic carbocycles. The van der Waals surface area contributed by atoms with Gasteiger partial charge in [0.2, 0.25) is 0 Å². The monoisotopic (exact) mass is 227 g/mol. The predicted molar refractivity (Wildman–Crippen MR) is 78.5 cm³/mol. The molecule has 0 aliphatic rings. The van der Waals surface area contributed by atoms with E-state index in [4.69, 9.17) is 7.85 Å². The summed E-state index contributed by atoms with van der Waals surface area (Å²) < 4.78 is 0. The van der Waals surface area contributed by atoms with Crippen molar-refractivity contribution < 1.29 is 0 Å². The molecule has 2 heteroatoms. The molecule has 0 aliphatic carbocycles. The molecular weight excluding hydrogens is 205 g/mol. The lowest BCUT2D eigenvalue weighted by Gasteiger charge is -2.02. The number of aromatic amines is 1. The second kappa shape index (κ2) is 5.95. The van der Waals surface area contributed by atoms with Gasteiger partial charge in [-0.1, -0.05) is 51.7 Å². The van der Waals surface area contributed by atoms with Gasteiger partial charge in [-0.15, -0.1) is 0 Å². The Hall–Kier alpha value is -1.18. The van der Waals surface area contributed by atoms with Crippen molar-refractivity contribution in [1.82, 2.24) is 4.98 Å². The summed E-state index contributed by atoms with van der Waals surface area (Å²) >= 11 is 0. The average Bonchev–Trinajstić information content (AvgIpc) is 2.73. The van der Waals surface area contributed by atoms with Crippen LogP contribution in [0.2, 0.25) is 0 Å². The maximum absolute atomic E-state index is 5.97. The number of fused-ring (bicyclic) bond motifs is 1. The summed E-state index contributed by atoms with van der Waals surface area (Å²) in [4.78, 5) is 3.44. The van der Waals surface area contributed by atoms with E-state index < -0.39 is 0 Å². The number of benzene rings is 1. The van der Waals surface area contributed by atoms with Crippen molar-refractivity contribution in [2.75, 3.05) is 0 Å². The molecule has 0 fully saturated rings. The van der Waals surface area contributed by atoms with E-state index >= 15 is 0 Å². The van der Waals surface area contributed by atoms with Gasteiger partial charge in [0.25, 0.3) is 0 Å². The first-order valence-corrected chi connectivity index (χ1v) is 6.52. The minimum absolute atomic E-state index is 0.531. The molecule has 0 unspecified atom stereocenters. The smallest absolute Gasteiger partial charge is 0.114 e. The van der Waals surface area contributed by atoms with Crippen LogP contribution < -0.4 is 5.46 Å². The Labute approximate surface area is 106 Å². The summed E-state index contributed by atoms with van der Waals surface area (Å²) in [5.41, 5.74) is 4.60. The van der Waals surface area contributed by atoms with Gasteiger partial charge in [-0.25, -0.2) is 0 Å². The van der Waals surface area contributed by atoms with Gasteiger partial charge < -0.3 is 4.98 Å². The zero-order chi connectivity index (χ0) is 13.0. The number of aryl methyl sites for hydroxylation is 1. The Morgan fingerprint density at radius 2 is 1.82 bits per heavy atom. The summed E-state index contributed by atoms with van der Waals surface area (Å²) in [7, 11) is 5.97. The number of hydrogen-bond acceptors (Lipinski definition) is 0. The standard InChI is InChI=1S/C13H16BN.C2H6/c1-4-9-6-13-10(5-11(9)14)7-12(15-13)8(2)3;1-2/h5-8,15H,4H2,1-3H3;1-2H3. The Morgan fingerprint density at radius 1 is 1.18 bits per heavy atom. The molecule has 2 radical (unpaired) electrons. The molecule has 1 nitrogen and oxygen atoms in total. The van der Waals surface area contributed by atoms with Gasteiger partial charge in [-0.2, -0.15) is 0 Å². The number of nitrogens with one attached hydrogen (secondary N) is 1. The van der Waals surface area contributed by atoms with E-state index in [9.17, 15) is 0 Å². The first-order chi connectivity index (χ1) is 8.11. The lowest BCUT2D eigenvalue weighted by Crippen LogP contribution is -2.08. The summed E-state index contributed by atoms with van der Waals surface area (Å²) in [6.07, 6.45) is 0.984. The fourth-order valence-electron chi connectivity index (χ4n) is 1.88. The quantitative estimate of drug-likeness (QED) is 0.753. The second-order valence-electron chi connectivity index (χ2n) is 4.37. The van der Waals surface area contributed by atoms with Crippen molar-refractivity contribution in [3.63, 3.8) is 0 Å². The highest BCUT2D eigenvalue weighted by atomic mass is 14.7. The van der Waals surface area contributed by atoms with Gasteiger partial charge in [0, 0.05) is 11.2 Å². The summed E-state index contributed by atoms with van der Waals surface area (Å²) in [6.45, 7) is 10.5. The number of H-pyrrole nitrogens is 1. The third-order valence-corrected chi connectivity index (χ3v) is 2.90. The van der Waals surface area contributed by atoms with E-state index in [0.29, 0.717) is 5.92 Å². The normalized spacial score (nSPS) is 10.5. The molecule has 2 aromatic rings. The van der Waals surface area contributed by atoms with Crippen LogP contribution in [0.3, 0.4) is 0 Å². The molecule has 0 amide bonds. The average molecular weight is 227 g/mol. The zero-order valence-corrected chi connectivity index (χ0v) is 11.6. The first-order valence-electron chi connectivity index (χ1n) is 6.52. The minimum atomic E-state index is 0.531. The van der Waals surface area contributed by atoms with Crippen LogP contribution >= 0.6 is 0 Å². The fourth-order valence-corrected chi connectivity index (χ4v) is 1.88. The number of aromatic nitrogens is 1. The molecule has 1 aromatic heterocycles. The van der Waals surface area contributed by atoms with Crippen molar-refractivity contribution in [2.45, 2.75) is 47.0 Å². The topological polar surface area (TPSA) is 15.8 Å². The highest BCUT2D eigenvalue weighted by molar-refractivity contribution is 6.34. The van der Waals surface area contributed by atoms with Crippen molar-refractivity contribution >= 4 is 24.2 Å². The van der Waals surface area contributed by atoms with Crippen molar-refractivity contribution in [2.24, 2.45) is 0 Å². The minimum Gasteiger partial charge on any atom is -0.358 e. The van der Waals surface area contributed by atoms with Gasteiger partial charge >= 0.3 is 0 Å². The third kappa shape index (κ3) is 2.93. The van der Waals surface area contributed by atoms with Gasteiger partial charge in [-0.05, 0) is 29.9 Å². The van der Waals surface area contributed by atoms with E-state index in [1.165, 1.54) is 22.2 Å². The number of rotatable bonds is 2. The summed E-state index contributed by atoms with van der Waals surface area (Å²) in [5, 5.41) is 1.22. The Morgan fingerprint density at radius 3 is 2.35 bits per heavy atom. The summed E-state index contributed by atoms with van der Waals surface area (Å²) in [6, 6.07) is 6.42. The van der Waals surface area contributed by atoms with Gasteiger partial charge in [0.05, 0.1) is 0 Å². The molecule has 0 saturated carbocycles. The van der Waals surface area contributed by atoms with Crippen LogP contribution in [0.4, 0.5) is 0 Å². The molecule has 0 atom stereocenters. The molecule has 0 bridgehead atoms. The SMILES string of the molecule is CC.[B]c1cc2cc(C(C)C)[nH]c2cc1CC. The Kier molecular flexibility index (Phi) is 4.86. The highest BCUT2D eigenvalue weighted by Crippen LogP contribution is 2.21. The molecule has 2 rings (SSSR count). The fraction of sp³-hybridized carbons (Fsp3) is 0.467. The van der Waals surface area contributed by atoms with Crippen LogP contribution in [0, 0.1) is 0 Å². The predicted octanol–water partition coefficient (Wildman–Crippen LogP) is 3.67. The van der Waals surface area contributed by atoms with Gasteiger partial charge in [0.1, 0.15) is 7.85 Å². The maximum atomic E-state index is 5.97. The van der Waals surface area contributed by atoms with Crippen LogP contribution in [0.5, 0.6) is 0 Å². The van der Waals surface area contributed by atoms with Crippen molar-refractivity contribution in [1.29, 1.82) is 0 Å². The van der Waals surface area contributed by atoms with Crippen LogP contribution in [-0.4, -0.2) is 12.8 Å². The molecule has 0 saturated heterocycles. The van der Waals surface area contributed by atoms with Crippen LogP contribution in [0.15, 0.2) is 18.2 Å². The second-order valence-corrected chi connectivity index (χ2v) is 4.37. The Bertz CT molecular complexity index is 483. The van der Waals surface area contributed by atoms with E-state index in [1.54, 1.807) is 0 Å². The number of hydrogen-bond donors (Lipinski definition) is 1. The molecular formula is C15H22BN. The van der Waals surface area contributed by atoms with Crippen LogP contribution in [0.25, 0.3) is 10.9 Å². The van der Waals surface area contributed by atoms with E-state index in [-0.39, 0.29) is 0 Å². The summed E-state index contributed by atoms with van der Waals surface area (Å²) in [5.74, 6) is 0.531. The lowest BCUT2D eigenvalue weighted by atomic mass is 9.88. The molecule has 17 heavy (non-hydrogen) atoms. The maximum Gasteiger partial charge on any atom is 0.114 e.